The lowest BCUT2D eigenvalue weighted by atomic mass is 9.89. The van der Waals surface area contributed by atoms with Gasteiger partial charge in [0.25, 0.3) is 0 Å². The zero-order valence-corrected chi connectivity index (χ0v) is 15.7. The molecule has 0 saturated heterocycles. The third-order valence-corrected chi connectivity index (χ3v) is 3.00. The Morgan fingerprint density at radius 1 is 1.21 bits per heavy atom. The highest BCUT2D eigenvalue weighted by molar-refractivity contribution is 14.0. The van der Waals surface area contributed by atoms with E-state index in [1.807, 2.05) is 0 Å². The molecule has 1 unspecified atom stereocenters. The van der Waals surface area contributed by atoms with E-state index in [2.05, 4.69) is 43.3 Å². The fourth-order valence-electron chi connectivity index (χ4n) is 1.73. The molecule has 0 fully saturated rings. The lowest BCUT2D eigenvalue weighted by Gasteiger charge is -2.30. The predicted molar refractivity (Wildman–Crippen MR) is 94.6 cm³/mol. The van der Waals surface area contributed by atoms with E-state index in [4.69, 9.17) is 4.74 Å². The van der Waals surface area contributed by atoms with Crippen molar-refractivity contribution >= 4 is 29.9 Å². The normalized spacial score (nSPS) is 13.7. The van der Waals surface area contributed by atoms with Crippen LogP contribution in [0.5, 0.6) is 0 Å². The minimum Gasteiger partial charge on any atom is -0.379 e. The Kier molecular flexibility index (Phi) is 13.2. The van der Waals surface area contributed by atoms with E-state index in [9.17, 15) is 0 Å². The van der Waals surface area contributed by atoms with Crippen LogP contribution >= 0.6 is 24.0 Å². The number of hydrogen-bond acceptors (Lipinski definition) is 2. The molecule has 0 rings (SSSR count). The van der Waals surface area contributed by atoms with Crippen molar-refractivity contribution in [3.05, 3.63) is 0 Å². The van der Waals surface area contributed by atoms with Crippen LogP contribution in [0.3, 0.4) is 0 Å². The van der Waals surface area contributed by atoms with Crippen LogP contribution in [0.1, 0.15) is 47.0 Å². The van der Waals surface area contributed by atoms with Crippen LogP contribution in [-0.2, 0) is 4.74 Å². The summed E-state index contributed by atoms with van der Waals surface area (Å²) < 4.78 is 5.51. The number of hydrogen-bond donors (Lipinski definition) is 2. The number of rotatable bonds is 7. The van der Waals surface area contributed by atoms with Crippen LogP contribution in [0.2, 0.25) is 0 Å². The standard InChI is InChI=1S/C14H31N3O.HI/c1-7-8-9-10-16-13(15-5)17-11-12(18-6)14(2,3)4;/h12H,7-11H2,1-6H3,(H2,15,16,17);1H. The van der Waals surface area contributed by atoms with Crippen LogP contribution in [0.25, 0.3) is 0 Å². The van der Waals surface area contributed by atoms with Crippen molar-refractivity contribution in [2.45, 2.75) is 53.1 Å². The van der Waals surface area contributed by atoms with Gasteiger partial charge in [0.1, 0.15) is 0 Å². The number of methoxy groups -OCH3 is 1. The van der Waals surface area contributed by atoms with Gasteiger partial charge in [-0.1, -0.05) is 40.5 Å². The number of nitrogens with zero attached hydrogens (tertiary/aromatic N) is 1. The molecule has 0 amide bonds. The first-order chi connectivity index (χ1) is 8.45. The van der Waals surface area contributed by atoms with Gasteiger partial charge in [-0.2, -0.15) is 0 Å². The average molecular weight is 385 g/mol. The van der Waals surface area contributed by atoms with Crippen molar-refractivity contribution < 1.29 is 4.74 Å². The molecule has 4 nitrogen and oxygen atoms in total. The van der Waals surface area contributed by atoms with Crippen LogP contribution in [0, 0.1) is 5.41 Å². The summed E-state index contributed by atoms with van der Waals surface area (Å²) in [7, 11) is 3.56. The quantitative estimate of drug-likeness (QED) is 0.307. The first-order valence-electron chi connectivity index (χ1n) is 6.93. The smallest absolute Gasteiger partial charge is 0.191 e. The van der Waals surface area contributed by atoms with E-state index >= 15 is 0 Å². The summed E-state index contributed by atoms with van der Waals surface area (Å²) in [6, 6.07) is 0. The van der Waals surface area contributed by atoms with Crippen molar-refractivity contribution in [1.82, 2.24) is 10.6 Å². The number of halogens is 1. The Morgan fingerprint density at radius 2 is 1.84 bits per heavy atom. The topological polar surface area (TPSA) is 45.7 Å². The van der Waals surface area contributed by atoms with E-state index < -0.39 is 0 Å². The van der Waals surface area contributed by atoms with Gasteiger partial charge in [-0.25, -0.2) is 0 Å². The molecule has 0 aliphatic carbocycles. The van der Waals surface area contributed by atoms with E-state index in [0.29, 0.717) is 0 Å². The molecule has 0 bridgehead atoms. The summed E-state index contributed by atoms with van der Waals surface area (Å²) in [4.78, 5) is 4.21. The molecule has 0 radical (unpaired) electrons. The predicted octanol–water partition coefficient (Wildman–Crippen LogP) is 3.02. The lowest BCUT2D eigenvalue weighted by molar-refractivity contribution is 0.0205. The molecular weight excluding hydrogens is 353 g/mol. The van der Waals surface area contributed by atoms with E-state index in [1.165, 1.54) is 19.3 Å². The van der Waals surface area contributed by atoms with Gasteiger partial charge in [-0.3, -0.25) is 4.99 Å². The number of ether oxygens (including phenoxy) is 1. The second kappa shape index (κ2) is 11.8. The van der Waals surface area contributed by atoms with Gasteiger partial charge in [0, 0.05) is 27.2 Å². The van der Waals surface area contributed by atoms with E-state index in [0.717, 1.165) is 19.0 Å². The van der Waals surface area contributed by atoms with Gasteiger partial charge in [-0.05, 0) is 11.8 Å². The Labute approximate surface area is 136 Å². The van der Waals surface area contributed by atoms with Crippen molar-refractivity contribution in [2.75, 3.05) is 27.2 Å². The maximum Gasteiger partial charge on any atom is 0.191 e. The second-order valence-electron chi connectivity index (χ2n) is 5.68. The maximum absolute atomic E-state index is 5.51. The van der Waals surface area contributed by atoms with Crippen LogP contribution in [0.4, 0.5) is 0 Å². The van der Waals surface area contributed by atoms with Gasteiger partial charge >= 0.3 is 0 Å². The highest BCUT2D eigenvalue weighted by atomic mass is 127. The molecular formula is C14H32IN3O. The summed E-state index contributed by atoms with van der Waals surface area (Å²) >= 11 is 0. The lowest BCUT2D eigenvalue weighted by Crippen LogP contribution is -2.45. The first-order valence-corrected chi connectivity index (χ1v) is 6.93. The fraction of sp³-hybridized carbons (Fsp3) is 0.929. The second-order valence-corrected chi connectivity index (χ2v) is 5.68. The summed E-state index contributed by atoms with van der Waals surface area (Å²) in [5, 5.41) is 6.64. The van der Waals surface area contributed by atoms with Crippen molar-refractivity contribution in [1.29, 1.82) is 0 Å². The monoisotopic (exact) mass is 385 g/mol. The van der Waals surface area contributed by atoms with Crippen molar-refractivity contribution in [3.8, 4) is 0 Å². The summed E-state index contributed by atoms with van der Waals surface area (Å²) in [5.41, 5.74) is 0.128. The van der Waals surface area contributed by atoms with Gasteiger partial charge in [0.2, 0.25) is 0 Å². The molecule has 0 aromatic rings. The molecule has 116 valence electrons. The van der Waals surface area contributed by atoms with Crippen LogP contribution in [0.15, 0.2) is 4.99 Å². The molecule has 0 spiro atoms. The molecule has 19 heavy (non-hydrogen) atoms. The number of nitrogens with one attached hydrogen (secondary N) is 2. The molecule has 5 heteroatoms. The fourth-order valence-corrected chi connectivity index (χ4v) is 1.73. The minimum atomic E-state index is 0. The molecule has 0 saturated carbocycles. The number of unbranched alkanes of at least 4 members (excludes halogenated alkanes) is 2. The summed E-state index contributed by atoms with van der Waals surface area (Å²) in [6.45, 7) is 10.5. The average Bonchev–Trinajstić information content (AvgIpc) is 2.31. The van der Waals surface area contributed by atoms with Gasteiger partial charge in [0.15, 0.2) is 5.96 Å². The van der Waals surface area contributed by atoms with Crippen molar-refractivity contribution in [3.63, 3.8) is 0 Å². The maximum atomic E-state index is 5.51. The number of aliphatic imine (C=N–C) groups is 1. The molecule has 0 heterocycles. The minimum absolute atomic E-state index is 0. The zero-order chi connectivity index (χ0) is 14.0. The Morgan fingerprint density at radius 3 is 2.26 bits per heavy atom. The van der Waals surface area contributed by atoms with E-state index in [-0.39, 0.29) is 35.5 Å². The van der Waals surface area contributed by atoms with Gasteiger partial charge < -0.3 is 15.4 Å². The zero-order valence-electron chi connectivity index (χ0n) is 13.4. The Hall–Kier alpha value is -0.0400. The van der Waals surface area contributed by atoms with E-state index in [1.54, 1.807) is 14.2 Å². The van der Waals surface area contributed by atoms with Gasteiger partial charge in [0.05, 0.1) is 6.10 Å². The van der Waals surface area contributed by atoms with Crippen LogP contribution < -0.4 is 10.6 Å². The first kappa shape index (κ1) is 21.3. The molecule has 0 aliphatic rings. The third kappa shape index (κ3) is 10.4. The summed E-state index contributed by atoms with van der Waals surface area (Å²) in [6.07, 6.45) is 3.85. The highest BCUT2D eigenvalue weighted by Gasteiger charge is 2.24. The van der Waals surface area contributed by atoms with Crippen LogP contribution in [-0.4, -0.2) is 39.3 Å². The Bertz CT molecular complexity index is 239. The Balaban J connectivity index is 0. The highest BCUT2D eigenvalue weighted by Crippen LogP contribution is 2.20. The summed E-state index contributed by atoms with van der Waals surface area (Å²) in [5.74, 6) is 0.859. The van der Waals surface area contributed by atoms with Crippen molar-refractivity contribution in [2.24, 2.45) is 10.4 Å². The molecule has 1 atom stereocenters. The SMILES string of the molecule is CCCCCNC(=NC)NCC(OC)C(C)(C)C.I. The molecule has 2 N–H and O–H groups in total. The third-order valence-electron chi connectivity index (χ3n) is 3.00. The van der Waals surface area contributed by atoms with Gasteiger partial charge in [-0.15, -0.1) is 24.0 Å². The number of guanidine groups is 1. The molecule has 0 aromatic heterocycles. The molecule has 0 aromatic carbocycles. The molecule has 0 aliphatic heterocycles. The largest absolute Gasteiger partial charge is 0.379 e.